The average molecular weight is 151 g/mol. The minimum absolute atomic E-state index is 0.558. The number of ether oxygens (including phenoxy) is 2. The fourth-order valence-corrected chi connectivity index (χ4v) is 1.09. The summed E-state index contributed by atoms with van der Waals surface area (Å²) in [6.07, 6.45) is 0. The van der Waals surface area contributed by atoms with Crippen LogP contribution in [0, 0.1) is 0 Å². The van der Waals surface area contributed by atoms with Gasteiger partial charge in [-0.1, -0.05) is 0 Å². The summed E-state index contributed by atoms with van der Waals surface area (Å²) in [5, 5.41) is 3.07. The molecule has 0 radical (unpaired) electrons. The number of anilines is 1. The van der Waals surface area contributed by atoms with Gasteiger partial charge < -0.3 is 14.8 Å². The van der Waals surface area contributed by atoms with Crippen molar-refractivity contribution in [2.45, 2.75) is 0 Å². The maximum atomic E-state index is 5.23. The Labute approximate surface area is 64.9 Å². The lowest BCUT2D eigenvalue weighted by Gasteiger charge is -2.00. The molecule has 11 heavy (non-hydrogen) atoms. The molecule has 1 N–H and O–H groups in total. The SMILES string of the molecule is COc1ccc2c(c1)NCO2. The summed E-state index contributed by atoms with van der Waals surface area (Å²) in [7, 11) is 1.65. The zero-order valence-corrected chi connectivity index (χ0v) is 6.26. The molecule has 0 aromatic heterocycles. The van der Waals surface area contributed by atoms with Crippen LogP contribution in [0.4, 0.5) is 5.69 Å². The minimum Gasteiger partial charge on any atom is -0.497 e. The molecule has 1 aromatic rings. The highest BCUT2D eigenvalue weighted by atomic mass is 16.5. The molecule has 3 nitrogen and oxygen atoms in total. The summed E-state index contributed by atoms with van der Waals surface area (Å²) in [5.74, 6) is 1.74. The van der Waals surface area contributed by atoms with Gasteiger partial charge in [0.25, 0.3) is 0 Å². The van der Waals surface area contributed by atoms with Crippen LogP contribution >= 0.6 is 0 Å². The van der Waals surface area contributed by atoms with Gasteiger partial charge in [0, 0.05) is 6.07 Å². The Kier molecular flexibility index (Phi) is 1.35. The normalized spacial score (nSPS) is 13.2. The maximum absolute atomic E-state index is 5.23. The van der Waals surface area contributed by atoms with Crippen LogP contribution in [0.5, 0.6) is 11.5 Å². The lowest BCUT2D eigenvalue weighted by Crippen LogP contribution is -1.96. The number of rotatable bonds is 1. The third-order valence-corrected chi connectivity index (χ3v) is 1.68. The molecule has 1 aromatic carbocycles. The highest BCUT2D eigenvalue weighted by Crippen LogP contribution is 2.32. The number of fused-ring (bicyclic) bond motifs is 1. The van der Waals surface area contributed by atoms with Gasteiger partial charge in [0.1, 0.15) is 11.5 Å². The Morgan fingerprint density at radius 3 is 3.27 bits per heavy atom. The van der Waals surface area contributed by atoms with Gasteiger partial charge in [-0.05, 0) is 12.1 Å². The quantitative estimate of drug-likeness (QED) is 0.659. The van der Waals surface area contributed by atoms with Crippen molar-refractivity contribution in [2.24, 2.45) is 0 Å². The molecule has 0 spiro atoms. The predicted octanol–water partition coefficient (Wildman–Crippen LogP) is 1.46. The van der Waals surface area contributed by atoms with Crippen LogP contribution in [-0.2, 0) is 0 Å². The highest BCUT2D eigenvalue weighted by molar-refractivity contribution is 5.61. The molecule has 0 saturated heterocycles. The molecule has 58 valence electrons. The fourth-order valence-electron chi connectivity index (χ4n) is 1.09. The zero-order valence-electron chi connectivity index (χ0n) is 6.26. The molecule has 0 aliphatic carbocycles. The summed E-state index contributed by atoms with van der Waals surface area (Å²) >= 11 is 0. The van der Waals surface area contributed by atoms with Crippen LogP contribution < -0.4 is 14.8 Å². The summed E-state index contributed by atoms with van der Waals surface area (Å²) in [4.78, 5) is 0. The van der Waals surface area contributed by atoms with E-state index in [2.05, 4.69) is 5.32 Å². The van der Waals surface area contributed by atoms with Gasteiger partial charge in [-0.15, -0.1) is 0 Å². The minimum atomic E-state index is 0.558. The molecule has 1 aliphatic rings. The van der Waals surface area contributed by atoms with Crippen molar-refractivity contribution >= 4 is 5.69 Å². The van der Waals surface area contributed by atoms with Gasteiger partial charge in [-0.25, -0.2) is 0 Å². The van der Waals surface area contributed by atoms with Gasteiger partial charge in [0.2, 0.25) is 0 Å². The van der Waals surface area contributed by atoms with E-state index in [1.807, 2.05) is 18.2 Å². The number of hydrogen-bond acceptors (Lipinski definition) is 3. The van der Waals surface area contributed by atoms with Crippen LogP contribution in [0.3, 0.4) is 0 Å². The van der Waals surface area contributed by atoms with E-state index >= 15 is 0 Å². The van der Waals surface area contributed by atoms with E-state index in [0.717, 1.165) is 17.2 Å². The van der Waals surface area contributed by atoms with E-state index in [1.165, 1.54) is 0 Å². The van der Waals surface area contributed by atoms with Gasteiger partial charge in [0.05, 0.1) is 12.8 Å². The molecule has 0 bridgehead atoms. The Hall–Kier alpha value is -1.38. The number of methoxy groups -OCH3 is 1. The van der Waals surface area contributed by atoms with Crippen molar-refractivity contribution in [3.05, 3.63) is 18.2 Å². The van der Waals surface area contributed by atoms with Crippen LogP contribution in [-0.4, -0.2) is 13.8 Å². The summed E-state index contributed by atoms with van der Waals surface area (Å²) < 4.78 is 10.3. The molecule has 0 unspecified atom stereocenters. The first kappa shape index (κ1) is 6.34. The van der Waals surface area contributed by atoms with Gasteiger partial charge in [-0.3, -0.25) is 0 Å². The first-order chi connectivity index (χ1) is 5.40. The summed E-state index contributed by atoms with van der Waals surface area (Å²) in [6, 6.07) is 5.70. The first-order valence-corrected chi connectivity index (χ1v) is 3.45. The van der Waals surface area contributed by atoms with Crippen LogP contribution in [0.15, 0.2) is 18.2 Å². The molecule has 0 saturated carbocycles. The molecule has 3 heteroatoms. The van der Waals surface area contributed by atoms with Gasteiger partial charge in [-0.2, -0.15) is 0 Å². The fraction of sp³-hybridized carbons (Fsp3) is 0.250. The molecule has 0 fully saturated rings. The van der Waals surface area contributed by atoms with Crippen molar-refractivity contribution in [3.63, 3.8) is 0 Å². The van der Waals surface area contributed by atoms with Crippen molar-refractivity contribution < 1.29 is 9.47 Å². The van der Waals surface area contributed by atoms with Crippen molar-refractivity contribution in [1.82, 2.24) is 0 Å². The predicted molar refractivity (Wildman–Crippen MR) is 42.1 cm³/mol. The van der Waals surface area contributed by atoms with E-state index in [0.29, 0.717) is 6.73 Å². The smallest absolute Gasteiger partial charge is 0.159 e. The number of hydrogen-bond donors (Lipinski definition) is 1. The average Bonchev–Trinajstić information content (AvgIpc) is 2.50. The molecule has 1 aliphatic heterocycles. The largest absolute Gasteiger partial charge is 0.497 e. The van der Waals surface area contributed by atoms with Crippen LogP contribution in [0.25, 0.3) is 0 Å². The van der Waals surface area contributed by atoms with Gasteiger partial charge in [0.15, 0.2) is 6.73 Å². The molecule has 0 atom stereocenters. The molecule has 2 rings (SSSR count). The zero-order chi connectivity index (χ0) is 7.68. The maximum Gasteiger partial charge on any atom is 0.159 e. The lowest BCUT2D eigenvalue weighted by molar-refractivity contribution is 0.371. The summed E-state index contributed by atoms with van der Waals surface area (Å²) in [5.41, 5.74) is 1.00. The standard InChI is InChI=1S/C8H9NO2/c1-10-6-2-3-8-7(4-6)9-5-11-8/h2-4,9H,5H2,1H3. The Morgan fingerprint density at radius 2 is 2.45 bits per heavy atom. The summed E-state index contributed by atoms with van der Waals surface area (Å²) in [6.45, 7) is 0.558. The van der Waals surface area contributed by atoms with Crippen molar-refractivity contribution in [1.29, 1.82) is 0 Å². The molecular weight excluding hydrogens is 142 g/mol. The van der Waals surface area contributed by atoms with Crippen LogP contribution in [0.2, 0.25) is 0 Å². The van der Waals surface area contributed by atoms with Crippen molar-refractivity contribution in [3.8, 4) is 11.5 Å². The topological polar surface area (TPSA) is 30.5 Å². The van der Waals surface area contributed by atoms with E-state index < -0.39 is 0 Å². The Morgan fingerprint density at radius 1 is 1.55 bits per heavy atom. The Bertz CT molecular complexity index is 273. The second-order valence-electron chi connectivity index (χ2n) is 2.33. The number of benzene rings is 1. The third kappa shape index (κ3) is 0.981. The first-order valence-electron chi connectivity index (χ1n) is 3.45. The lowest BCUT2D eigenvalue weighted by atomic mass is 10.3. The van der Waals surface area contributed by atoms with Crippen LogP contribution in [0.1, 0.15) is 0 Å². The second-order valence-corrected chi connectivity index (χ2v) is 2.33. The van der Waals surface area contributed by atoms with Gasteiger partial charge >= 0.3 is 0 Å². The molecule has 1 heterocycles. The molecule has 0 amide bonds. The second kappa shape index (κ2) is 2.34. The van der Waals surface area contributed by atoms with E-state index in [1.54, 1.807) is 7.11 Å². The molecular formula is C8H9NO2. The van der Waals surface area contributed by atoms with Crippen molar-refractivity contribution in [2.75, 3.05) is 19.2 Å². The third-order valence-electron chi connectivity index (χ3n) is 1.68. The number of nitrogens with one attached hydrogen (secondary N) is 1. The Balaban J connectivity index is 2.41. The van der Waals surface area contributed by atoms with E-state index in [9.17, 15) is 0 Å². The van der Waals surface area contributed by atoms with E-state index in [-0.39, 0.29) is 0 Å². The monoisotopic (exact) mass is 151 g/mol. The highest BCUT2D eigenvalue weighted by Gasteiger charge is 2.10. The van der Waals surface area contributed by atoms with E-state index in [4.69, 9.17) is 9.47 Å².